The van der Waals surface area contributed by atoms with Crippen LogP contribution >= 0.6 is 23.4 Å². The van der Waals surface area contributed by atoms with Gasteiger partial charge >= 0.3 is 0 Å². The second-order valence-electron chi connectivity index (χ2n) is 5.93. The molecule has 0 aliphatic carbocycles. The first kappa shape index (κ1) is 19.4. The van der Waals surface area contributed by atoms with Gasteiger partial charge in [-0.3, -0.25) is 4.79 Å². The van der Waals surface area contributed by atoms with Crippen LogP contribution in [-0.4, -0.2) is 38.5 Å². The van der Waals surface area contributed by atoms with Crippen molar-refractivity contribution in [2.24, 2.45) is 0 Å². The molecule has 1 amide bonds. The lowest BCUT2D eigenvalue weighted by atomic mass is 10.1. The molecule has 3 rings (SSSR count). The molecule has 1 aromatic carbocycles. The number of hydrogen-bond donors (Lipinski definition) is 1. The minimum absolute atomic E-state index is 0.212. The average molecular weight is 402 g/mol. The van der Waals surface area contributed by atoms with Crippen molar-refractivity contribution in [2.75, 3.05) is 12.8 Å². The first-order valence-electron chi connectivity index (χ1n) is 8.54. The molecule has 0 radical (unpaired) electrons. The van der Waals surface area contributed by atoms with Gasteiger partial charge in [-0.25, -0.2) is 14.6 Å². The molecule has 3 aromatic rings. The van der Waals surface area contributed by atoms with Crippen LogP contribution in [0.1, 0.15) is 28.2 Å². The van der Waals surface area contributed by atoms with Gasteiger partial charge in [-0.15, -0.1) is 0 Å². The summed E-state index contributed by atoms with van der Waals surface area (Å²) < 4.78 is 1.88. The molecule has 0 saturated carbocycles. The number of nitrogens with zero attached hydrogens (tertiary/aromatic N) is 4. The number of benzene rings is 1. The van der Waals surface area contributed by atoms with Gasteiger partial charge in [0.05, 0.1) is 22.6 Å². The van der Waals surface area contributed by atoms with Crippen LogP contribution < -0.4 is 5.32 Å². The van der Waals surface area contributed by atoms with Gasteiger partial charge in [-0.2, -0.15) is 5.10 Å². The summed E-state index contributed by atoms with van der Waals surface area (Å²) in [5.74, 6) is -0.283. The molecular formula is C19H20ClN5OS. The zero-order valence-corrected chi connectivity index (χ0v) is 16.7. The summed E-state index contributed by atoms with van der Waals surface area (Å²) in [6, 6.07) is 10.00. The van der Waals surface area contributed by atoms with Crippen molar-refractivity contribution in [1.82, 2.24) is 25.1 Å². The van der Waals surface area contributed by atoms with Crippen LogP contribution in [0.25, 0.3) is 5.69 Å². The number of aromatic nitrogens is 4. The van der Waals surface area contributed by atoms with Crippen LogP contribution in [0.2, 0.25) is 5.02 Å². The van der Waals surface area contributed by atoms with E-state index in [1.54, 1.807) is 0 Å². The van der Waals surface area contributed by atoms with Crippen LogP contribution in [0.5, 0.6) is 0 Å². The van der Waals surface area contributed by atoms with Crippen LogP contribution in [0.4, 0.5) is 0 Å². The number of amides is 1. The lowest BCUT2D eigenvalue weighted by Gasteiger charge is -2.06. The van der Waals surface area contributed by atoms with Gasteiger partial charge < -0.3 is 5.32 Å². The Morgan fingerprint density at radius 1 is 1.30 bits per heavy atom. The Balaban J connectivity index is 1.55. The largest absolute Gasteiger partial charge is 0.351 e. The van der Waals surface area contributed by atoms with E-state index < -0.39 is 0 Å². The number of carbonyl (C=O) groups is 1. The standard InChI is InChI=1S/C19H20ClN5OS/c1-13-14(12-25(24-13)15-8-4-3-5-9-15)7-6-10-21-18(26)17-16(20)11-22-19(23-17)27-2/h3-5,8-9,11-12H,6-7,10H2,1-2H3,(H,21,26). The quantitative estimate of drug-likeness (QED) is 0.371. The third-order valence-electron chi connectivity index (χ3n) is 4.05. The van der Waals surface area contributed by atoms with Crippen LogP contribution in [0.3, 0.4) is 0 Å². The molecule has 0 atom stereocenters. The highest BCUT2D eigenvalue weighted by atomic mass is 35.5. The molecule has 0 fully saturated rings. The number of carbonyl (C=O) groups excluding carboxylic acids is 1. The molecule has 0 unspecified atom stereocenters. The Morgan fingerprint density at radius 3 is 2.81 bits per heavy atom. The number of halogens is 1. The Hall–Kier alpha value is -2.38. The topological polar surface area (TPSA) is 72.7 Å². The maximum absolute atomic E-state index is 12.3. The number of thioether (sulfide) groups is 1. The summed E-state index contributed by atoms with van der Waals surface area (Å²) in [5.41, 5.74) is 3.40. The zero-order valence-electron chi connectivity index (χ0n) is 15.1. The van der Waals surface area contributed by atoms with E-state index >= 15 is 0 Å². The maximum atomic E-state index is 12.3. The summed E-state index contributed by atoms with van der Waals surface area (Å²) in [7, 11) is 0. The Morgan fingerprint density at radius 2 is 2.07 bits per heavy atom. The molecule has 0 bridgehead atoms. The summed E-state index contributed by atoms with van der Waals surface area (Å²) in [6.07, 6.45) is 6.97. The highest BCUT2D eigenvalue weighted by Crippen LogP contribution is 2.17. The van der Waals surface area contributed by atoms with Gasteiger partial charge in [0.2, 0.25) is 0 Å². The van der Waals surface area contributed by atoms with Crippen LogP contribution in [0, 0.1) is 6.92 Å². The fraction of sp³-hybridized carbons (Fsp3) is 0.263. The SMILES string of the molecule is CSc1ncc(Cl)c(C(=O)NCCCc2cn(-c3ccccc3)nc2C)n1. The second kappa shape index (κ2) is 9.01. The zero-order chi connectivity index (χ0) is 19.2. The molecular weight excluding hydrogens is 382 g/mol. The van der Waals surface area contributed by atoms with Crippen molar-refractivity contribution in [3.05, 3.63) is 64.7 Å². The van der Waals surface area contributed by atoms with Gasteiger partial charge in [-0.05, 0) is 43.7 Å². The predicted octanol–water partition coefficient (Wildman–Crippen LogP) is 3.71. The van der Waals surface area contributed by atoms with Crippen molar-refractivity contribution < 1.29 is 4.79 Å². The lowest BCUT2D eigenvalue weighted by molar-refractivity contribution is 0.0947. The number of rotatable bonds is 7. The van der Waals surface area contributed by atoms with Crippen molar-refractivity contribution in [1.29, 1.82) is 0 Å². The molecule has 0 spiro atoms. The van der Waals surface area contributed by atoms with E-state index in [9.17, 15) is 4.79 Å². The summed E-state index contributed by atoms with van der Waals surface area (Å²) in [4.78, 5) is 20.5. The van der Waals surface area contributed by atoms with E-state index in [4.69, 9.17) is 11.6 Å². The molecule has 2 aromatic heterocycles. The molecule has 8 heteroatoms. The first-order valence-corrected chi connectivity index (χ1v) is 10.1. The highest BCUT2D eigenvalue weighted by Gasteiger charge is 2.14. The minimum Gasteiger partial charge on any atom is -0.351 e. The van der Waals surface area contributed by atoms with Gasteiger partial charge in [-0.1, -0.05) is 41.6 Å². The fourth-order valence-corrected chi connectivity index (χ4v) is 3.14. The van der Waals surface area contributed by atoms with Crippen LogP contribution in [0.15, 0.2) is 47.9 Å². The molecule has 0 aliphatic heterocycles. The van der Waals surface area contributed by atoms with E-state index in [2.05, 4.69) is 20.4 Å². The van der Waals surface area contributed by atoms with Crippen molar-refractivity contribution in [3.63, 3.8) is 0 Å². The summed E-state index contributed by atoms with van der Waals surface area (Å²) in [6.45, 7) is 2.53. The van der Waals surface area contributed by atoms with Gasteiger partial charge in [0, 0.05) is 12.7 Å². The monoisotopic (exact) mass is 401 g/mol. The number of hydrogen-bond acceptors (Lipinski definition) is 5. The summed E-state index contributed by atoms with van der Waals surface area (Å²) >= 11 is 7.40. The fourth-order valence-electron chi connectivity index (χ4n) is 2.63. The Kier molecular flexibility index (Phi) is 6.47. The smallest absolute Gasteiger partial charge is 0.271 e. The van der Waals surface area contributed by atoms with E-state index in [0.717, 1.165) is 29.8 Å². The van der Waals surface area contributed by atoms with E-state index in [-0.39, 0.29) is 16.6 Å². The Bertz CT molecular complexity index is 929. The van der Waals surface area contributed by atoms with E-state index in [1.807, 2.05) is 54.4 Å². The maximum Gasteiger partial charge on any atom is 0.271 e. The third-order valence-corrected chi connectivity index (χ3v) is 4.89. The molecule has 0 saturated heterocycles. The van der Waals surface area contributed by atoms with Crippen LogP contribution in [-0.2, 0) is 6.42 Å². The molecule has 0 aliphatic rings. The van der Waals surface area contributed by atoms with Crippen molar-refractivity contribution in [3.8, 4) is 5.69 Å². The van der Waals surface area contributed by atoms with Crippen molar-refractivity contribution in [2.45, 2.75) is 24.9 Å². The predicted molar refractivity (Wildman–Crippen MR) is 108 cm³/mol. The van der Waals surface area contributed by atoms with E-state index in [0.29, 0.717) is 11.7 Å². The number of aryl methyl sites for hydroxylation is 2. The normalized spacial score (nSPS) is 10.8. The van der Waals surface area contributed by atoms with Gasteiger partial charge in [0.15, 0.2) is 10.9 Å². The van der Waals surface area contributed by atoms with Crippen molar-refractivity contribution >= 4 is 29.3 Å². The van der Waals surface area contributed by atoms with Gasteiger partial charge in [0.1, 0.15) is 0 Å². The summed E-state index contributed by atoms with van der Waals surface area (Å²) in [5, 5.41) is 8.21. The first-order chi connectivity index (χ1) is 13.1. The van der Waals surface area contributed by atoms with Gasteiger partial charge in [0.25, 0.3) is 5.91 Å². The Labute approximate surface area is 167 Å². The minimum atomic E-state index is -0.283. The highest BCUT2D eigenvalue weighted by molar-refractivity contribution is 7.98. The molecule has 27 heavy (non-hydrogen) atoms. The molecule has 1 N–H and O–H groups in total. The average Bonchev–Trinajstić information content (AvgIpc) is 3.07. The molecule has 2 heterocycles. The number of nitrogens with one attached hydrogen (secondary N) is 1. The van der Waals surface area contributed by atoms with E-state index in [1.165, 1.54) is 18.0 Å². The molecule has 140 valence electrons. The number of para-hydroxylation sites is 1. The lowest BCUT2D eigenvalue weighted by Crippen LogP contribution is -2.26. The second-order valence-corrected chi connectivity index (χ2v) is 7.11. The molecule has 6 nitrogen and oxygen atoms in total. The third kappa shape index (κ3) is 4.87.